The van der Waals surface area contributed by atoms with Gasteiger partial charge >= 0.3 is 0 Å². The van der Waals surface area contributed by atoms with Crippen LogP contribution in [0, 0.1) is 0 Å². The van der Waals surface area contributed by atoms with Crippen molar-refractivity contribution in [1.82, 2.24) is 14.1 Å². The molecule has 3 aromatic heterocycles. The zero-order chi connectivity index (χ0) is 28.2. The molecule has 0 radical (unpaired) electrons. The fourth-order valence-corrected chi connectivity index (χ4v) is 6.20. The Balaban J connectivity index is 1.28. The van der Waals surface area contributed by atoms with E-state index < -0.39 is 0 Å². The van der Waals surface area contributed by atoms with E-state index >= 15 is 0 Å². The molecule has 0 amide bonds. The summed E-state index contributed by atoms with van der Waals surface area (Å²) in [6, 6.07) is 47.6. The van der Waals surface area contributed by atoms with Gasteiger partial charge in [0.05, 0.1) is 22.1 Å². The van der Waals surface area contributed by atoms with Gasteiger partial charge in [0.2, 0.25) is 11.6 Å². The average Bonchev–Trinajstić information content (AvgIpc) is 3.55. The van der Waals surface area contributed by atoms with Gasteiger partial charge in [0.1, 0.15) is 7.05 Å². The van der Waals surface area contributed by atoms with Crippen molar-refractivity contribution >= 4 is 32.8 Å². The number of hydrogen-bond donors (Lipinski definition) is 0. The maximum Gasteiger partial charge on any atom is 0.215 e. The highest BCUT2D eigenvalue weighted by Gasteiger charge is 2.20. The summed E-state index contributed by atoms with van der Waals surface area (Å²) < 4.78 is 6.69. The number of imidazole rings is 1. The van der Waals surface area contributed by atoms with Crippen molar-refractivity contribution in [3.05, 3.63) is 140 Å². The molecule has 0 N–H and O–H groups in total. The molecule has 5 aromatic carbocycles. The lowest BCUT2D eigenvalue weighted by Gasteiger charge is -2.09. The number of fused-ring (bicyclic) bond motifs is 4. The number of aromatic nitrogens is 4. The van der Waals surface area contributed by atoms with Gasteiger partial charge < -0.3 is 4.57 Å². The summed E-state index contributed by atoms with van der Waals surface area (Å²) in [6.45, 7) is 0. The van der Waals surface area contributed by atoms with E-state index in [0.717, 1.165) is 39.3 Å². The van der Waals surface area contributed by atoms with Crippen LogP contribution in [0.3, 0.4) is 0 Å². The number of benzene rings is 5. The number of aryl methyl sites for hydroxylation is 2. The first-order valence-corrected chi connectivity index (χ1v) is 14.3. The Bertz CT molecular complexity index is 2250. The Morgan fingerprint density at radius 3 is 1.93 bits per heavy atom. The minimum Gasteiger partial charge on any atom is -0.313 e. The van der Waals surface area contributed by atoms with Gasteiger partial charge in [-0.05, 0) is 52.6 Å². The van der Waals surface area contributed by atoms with E-state index in [1.54, 1.807) is 0 Å². The molecule has 0 unspecified atom stereocenters. The zero-order valence-electron chi connectivity index (χ0n) is 23.6. The van der Waals surface area contributed by atoms with Gasteiger partial charge in [0, 0.05) is 35.5 Å². The molecule has 4 heteroatoms. The summed E-state index contributed by atoms with van der Waals surface area (Å²) in [7, 11) is 4.21. The van der Waals surface area contributed by atoms with E-state index in [2.05, 4.69) is 161 Å². The Labute approximate surface area is 244 Å². The molecule has 0 saturated carbocycles. The molecule has 8 aromatic rings. The van der Waals surface area contributed by atoms with Crippen molar-refractivity contribution in [1.29, 1.82) is 0 Å². The smallest absolute Gasteiger partial charge is 0.215 e. The minimum atomic E-state index is 0.913. The highest BCUT2D eigenvalue weighted by atomic mass is 15.2. The van der Waals surface area contributed by atoms with Crippen molar-refractivity contribution in [2.45, 2.75) is 0 Å². The topological polar surface area (TPSA) is 26.6 Å². The maximum absolute atomic E-state index is 5.08. The van der Waals surface area contributed by atoms with Gasteiger partial charge in [-0.25, -0.2) is 9.55 Å². The van der Waals surface area contributed by atoms with Crippen LogP contribution in [0.15, 0.2) is 140 Å². The van der Waals surface area contributed by atoms with Crippen LogP contribution < -0.4 is 4.57 Å². The SMILES string of the molecule is Cn1c(-n2c3ccccc3c3ccc(-c4cc(-c5ccc(-c6ccccc6)cc5)cc[n+]4C)cc32)nc2ccccc21. The maximum atomic E-state index is 5.08. The summed E-state index contributed by atoms with van der Waals surface area (Å²) >= 11 is 0. The second-order valence-corrected chi connectivity index (χ2v) is 10.9. The molecule has 0 aliphatic rings. The predicted molar refractivity (Wildman–Crippen MR) is 173 cm³/mol. The van der Waals surface area contributed by atoms with Crippen molar-refractivity contribution < 1.29 is 4.57 Å². The van der Waals surface area contributed by atoms with Crippen LogP contribution in [0.25, 0.3) is 72.3 Å². The molecule has 0 aliphatic heterocycles. The van der Waals surface area contributed by atoms with E-state index in [-0.39, 0.29) is 0 Å². The van der Waals surface area contributed by atoms with Gasteiger partial charge in [-0.2, -0.15) is 0 Å². The van der Waals surface area contributed by atoms with Crippen LogP contribution in [0.4, 0.5) is 0 Å². The van der Waals surface area contributed by atoms with Gasteiger partial charge in [0.15, 0.2) is 6.20 Å². The Hall–Kier alpha value is -5.48. The summed E-state index contributed by atoms with van der Waals surface area (Å²) in [5, 5.41) is 2.44. The van der Waals surface area contributed by atoms with Crippen LogP contribution in [-0.4, -0.2) is 14.1 Å². The van der Waals surface area contributed by atoms with Gasteiger partial charge in [-0.3, -0.25) is 4.57 Å². The second kappa shape index (κ2) is 9.57. The first-order valence-electron chi connectivity index (χ1n) is 14.3. The van der Waals surface area contributed by atoms with Crippen molar-refractivity contribution in [3.63, 3.8) is 0 Å². The third-order valence-electron chi connectivity index (χ3n) is 8.41. The third kappa shape index (κ3) is 3.84. The largest absolute Gasteiger partial charge is 0.313 e. The van der Waals surface area contributed by atoms with Crippen LogP contribution >= 0.6 is 0 Å². The molecule has 0 spiro atoms. The van der Waals surface area contributed by atoms with Crippen molar-refractivity contribution in [2.24, 2.45) is 14.1 Å². The summed E-state index contributed by atoms with van der Waals surface area (Å²) in [5.41, 5.74) is 11.6. The molecule has 0 aliphatic carbocycles. The number of hydrogen-bond acceptors (Lipinski definition) is 1. The first kappa shape index (κ1) is 24.3. The quantitative estimate of drug-likeness (QED) is 0.205. The standard InChI is InChI=1S/C38H29N4/c1-40-23-22-29(28-18-16-27(17-19-28)26-10-4-3-5-11-26)24-36(40)30-20-21-32-31-12-6-8-14-34(31)42(37(32)25-30)38-39-33-13-7-9-15-35(33)41(38)2/h3-25H,1-2H3/q+1. The van der Waals surface area contributed by atoms with Crippen molar-refractivity contribution in [3.8, 4) is 39.5 Å². The number of para-hydroxylation sites is 3. The van der Waals surface area contributed by atoms with Gasteiger partial charge in [-0.15, -0.1) is 0 Å². The predicted octanol–water partition coefficient (Wildman–Crippen LogP) is 8.50. The Kier molecular flexibility index (Phi) is 5.54. The monoisotopic (exact) mass is 541 g/mol. The van der Waals surface area contributed by atoms with Crippen LogP contribution in [0.5, 0.6) is 0 Å². The molecule has 0 atom stereocenters. The first-order chi connectivity index (χ1) is 20.7. The molecule has 42 heavy (non-hydrogen) atoms. The van der Waals surface area contributed by atoms with E-state index in [4.69, 9.17) is 4.98 Å². The lowest BCUT2D eigenvalue weighted by Crippen LogP contribution is -2.30. The average molecular weight is 542 g/mol. The van der Waals surface area contributed by atoms with Crippen LogP contribution in [-0.2, 0) is 14.1 Å². The molecule has 0 saturated heterocycles. The molecule has 0 fully saturated rings. The number of rotatable bonds is 4. The highest BCUT2D eigenvalue weighted by molar-refractivity contribution is 6.10. The lowest BCUT2D eigenvalue weighted by atomic mass is 9.99. The summed E-state index contributed by atoms with van der Waals surface area (Å²) in [4.78, 5) is 5.08. The van der Waals surface area contributed by atoms with E-state index in [9.17, 15) is 0 Å². The number of pyridine rings is 1. The fourth-order valence-electron chi connectivity index (χ4n) is 6.20. The third-order valence-corrected chi connectivity index (χ3v) is 8.41. The molecule has 4 nitrogen and oxygen atoms in total. The summed E-state index contributed by atoms with van der Waals surface area (Å²) in [6.07, 6.45) is 2.15. The highest BCUT2D eigenvalue weighted by Crippen LogP contribution is 2.35. The van der Waals surface area contributed by atoms with Crippen LogP contribution in [0.1, 0.15) is 0 Å². The van der Waals surface area contributed by atoms with Crippen molar-refractivity contribution in [2.75, 3.05) is 0 Å². The van der Waals surface area contributed by atoms with E-state index in [1.807, 2.05) is 6.07 Å². The molecule has 8 rings (SSSR count). The molecule has 0 bridgehead atoms. The Morgan fingerprint density at radius 1 is 0.524 bits per heavy atom. The van der Waals surface area contributed by atoms with Gasteiger partial charge in [-0.1, -0.05) is 91.0 Å². The molecule has 3 heterocycles. The van der Waals surface area contributed by atoms with E-state index in [0.29, 0.717) is 0 Å². The lowest BCUT2D eigenvalue weighted by molar-refractivity contribution is -0.660. The number of nitrogens with zero attached hydrogens (tertiary/aromatic N) is 4. The fraction of sp³-hybridized carbons (Fsp3) is 0.0526. The zero-order valence-corrected chi connectivity index (χ0v) is 23.6. The van der Waals surface area contributed by atoms with Gasteiger partial charge in [0.25, 0.3) is 0 Å². The second-order valence-electron chi connectivity index (χ2n) is 10.9. The van der Waals surface area contributed by atoms with Crippen LogP contribution in [0.2, 0.25) is 0 Å². The van der Waals surface area contributed by atoms with E-state index in [1.165, 1.54) is 33.0 Å². The molecular weight excluding hydrogens is 512 g/mol. The normalized spacial score (nSPS) is 11.6. The summed E-state index contributed by atoms with van der Waals surface area (Å²) in [5.74, 6) is 0.913. The minimum absolute atomic E-state index is 0.913. The molecular formula is C38H29N4+. The molecule has 200 valence electrons. The Morgan fingerprint density at radius 2 is 1.14 bits per heavy atom.